The molecule has 0 aliphatic rings. The van der Waals surface area contributed by atoms with Gasteiger partial charge in [-0.3, -0.25) is 9.36 Å². The summed E-state index contributed by atoms with van der Waals surface area (Å²) in [5, 5.41) is 0. The lowest BCUT2D eigenvalue weighted by molar-refractivity contribution is -0.140. The highest BCUT2D eigenvalue weighted by Crippen LogP contribution is 2.45. The maximum absolute atomic E-state index is 11.8. The topological polar surface area (TPSA) is 72.8 Å². The molecule has 108 valence electrons. The largest absolute Gasteiger partial charge is 0.469 e. The smallest absolute Gasteiger partial charge is 0.328 e. The van der Waals surface area contributed by atoms with Crippen molar-refractivity contribution in [1.82, 2.24) is 0 Å². The summed E-state index contributed by atoms with van der Waals surface area (Å²) in [6.07, 6.45) is 4.01. The summed E-state index contributed by atoms with van der Waals surface area (Å²) in [6, 6.07) is 0. The van der Waals surface area contributed by atoms with Crippen LogP contribution in [0.1, 0.15) is 52.4 Å². The zero-order valence-corrected chi connectivity index (χ0v) is 12.4. The van der Waals surface area contributed by atoms with Gasteiger partial charge in [0, 0.05) is 0 Å². The van der Waals surface area contributed by atoms with Gasteiger partial charge in [-0.1, -0.05) is 33.1 Å². The first kappa shape index (κ1) is 17.6. The van der Waals surface area contributed by atoms with Gasteiger partial charge in [-0.05, 0) is 12.8 Å². The van der Waals surface area contributed by atoms with Crippen LogP contribution in [0.5, 0.6) is 0 Å². The van der Waals surface area contributed by atoms with Gasteiger partial charge < -0.3 is 14.2 Å². The van der Waals surface area contributed by atoms with Crippen LogP contribution in [-0.2, 0) is 18.6 Å². The van der Waals surface area contributed by atoms with E-state index >= 15 is 0 Å². The van der Waals surface area contributed by atoms with Crippen molar-refractivity contribution in [2.75, 3.05) is 13.3 Å². The molecule has 0 fully saturated rings. The van der Waals surface area contributed by atoms with Gasteiger partial charge in [0.15, 0.2) is 0 Å². The second kappa shape index (κ2) is 9.54. The molecule has 0 radical (unpaired) electrons. The van der Waals surface area contributed by atoms with Crippen molar-refractivity contribution in [3.05, 3.63) is 0 Å². The van der Waals surface area contributed by atoms with E-state index in [0.29, 0.717) is 0 Å². The molecule has 0 heterocycles. The Bertz CT molecular complexity index is 280. The molecule has 0 aromatic rings. The monoisotopic (exact) mass is 280 g/mol. The van der Waals surface area contributed by atoms with E-state index < -0.39 is 13.6 Å². The molecule has 0 aromatic heterocycles. The van der Waals surface area contributed by atoms with E-state index in [2.05, 4.69) is 11.7 Å². The average molecular weight is 280 g/mol. The van der Waals surface area contributed by atoms with Crippen LogP contribution in [0.25, 0.3) is 0 Å². The summed E-state index contributed by atoms with van der Waals surface area (Å²) in [5.41, 5.74) is 0. The lowest BCUT2D eigenvalue weighted by Crippen LogP contribution is -2.13. The van der Waals surface area contributed by atoms with E-state index in [4.69, 9.17) is 4.52 Å². The average Bonchev–Trinajstić information content (AvgIpc) is 2.33. The van der Waals surface area contributed by atoms with Gasteiger partial charge in [-0.2, -0.15) is 0 Å². The molecule has 2 unspecified atom stereocenters. The summed E-state index contributed by atoms with van der Waals surface area (Å²) in [5.74, 6) is -0.492. The third-order valence-corrected chi connectivity index (χ3v) is 4.05. The van der Waals surface area contributed by atoms with Crippen molar-refractivity contribution in [2.45, 2.75) is 58.5 Å². The standard InChI is InChI=1S/C12H25O5P/c1-4-6-8-11(7-5-2)17-18(14,15)10-9-12(13)16-3/h11H,4-10H2,1-3H3,(H,14,15). The molecule has 0 saturated carbocycles. The van der Waals surface area contributed by atoms with Gasteiger partial charge in [0.05, 0.1) is 25.8 Å². The maximum Gasteiger partial charge on any atom is 0.328 e. The molecular formula is C12H25O5P. The Morgan fingerprint density at radius 2 is 1.94 bits per heavy atom. The number of unbranched alkanes of at least 4 members (excludes halogenated alkanes) is 1. The van der Waals surface area contributed by atoms with Crippen molar-refractivity contribution in [3.8, 4) is 0 Å². The molecule has 18 heavy (non-hydrogen) atoms. The van der Waals surface area contributed by atoms with E-state index in [1.807, 2.05) is 6.92 Å². The number of carbonyl (C=O) groups excluding carboxylic acids is 1. The fraction of sp³-hybridized carbons (Fsp3) is 0.917. The number of ether oxygens (including phenoxy) is 1. The molecule has 0 spiro atoms. The summed E-state index contributed by atoms with van der Waals surface area (Å²) in [7, 11) is -2.43. The Morgan fingerprint density at radius 1 is 1.28 bits per heavy atom. The predicted molar refractivity (Wildman–Crippen MR) is 70.6 cm³/mol. The molecule has 1 N–H and O–H groups in total. The second-order valence-corrected chi connectivity index (χ2v) is 6.28. The molecule has 0 aliphatic carbocycles. The maximum atomic E-state index is 11.8. The zero-order chi connectivity index (χ0) is 14.0. The first-order chi connectivity index (χ1) is 8.45. The van der Waals surface area contributed by atoms with Gasteiger partial charge in [-0.15, -0.1) is 0 Å². The molecule has 0 bridgehead atoms. The summed E-state index contributed by atoms with van der Waals surface area (Å²) in [6.45, 7) is 4.08. The van der Waals surface area contributed by atoms with Gasteiger partial charge in [0.1, 0.15) is 0 Å². The van der Waals surface area contributed by atoms with E-state index in [9.17, 15) is 14.3 Å². The molecular weight excluding hydrogens is 255 g/mol. The minimum Gasteiger partial charge on any atom is -0.469 e. The van der Waals surface area contributed by atoms with E-state index in [1.165, 1.54) is 7.11 Å². The lowest BCUT2D eigenvalue weighted by Gasteiger charge is -2.20. The third kappa shape index (κ3) is 8.67. The van der Waals surface area contributed by atoms with E-state index in [1.54, 1.807) is 0 Å². The van der Waals surface area contributed by atoms with E-state index in [-0.39, 0.29) is 18.7 Å². The van der Waals surface area contributed by atoms with Crippen molar-refractivity contribution < 1.29 is 23.5 Å². The number of hydrogen-bond donors (Lipinski definition) is 1. The van der Waals surface area contributed by atoms with Crippen molar-refractivity contribution in [3.63, 3.8) is 0 Å². The molecule has 0 amide bonds. The Labute approximate surface area is 109 Å². The number of hydrogen-bond acceptors (Lipinski definition) is 4. The number of rotatable bonds is 10. The highest BCUT2D eigenvalue weighted by Gasteiger charge is 2.25. The van der Waals surface area contributed by atoms with Crippen LogP contribution in [0, 0.1) is 0 Å². The number of carbonyl (C=O) groups is 1. The normalized spacial score (nSPS) is 16.0. The molecule has 2 atom stereocenters. The quantitative estimate of drug-likeness (QED) is 0.491. The Kier molecular flexibility index (Phi) is 9.34. The Morgan fingerprint density at radius 3 is 2.44 bits per heavy atom. The first-order valence-corrected chi connectivity index (χ1v) is 8.28. The number of esters is 1. The Hall–Kier alpha value is -0.380. The molecule has 0 aromatic carbocycles. The van der Waals surface area contributed by atoms with Crippen LogP contribution in [0.15, 0.2) is 0 Å². The number of methoxy groups -OCH3 is 1. The van der Waals surface area contributed by atoms with Crippen LogP contribution < -0.4 is 0 Å². The molecule has 5 nitrogen and oxygen atoms in total. The van der Waals surface area contributed by atoms with Crippen LogP contribution in [0.4, 0.5) is 0 Å². The summed E-state index contributed by atoms with van der Waals surface area (Å²) >= 11 is 0. The molecule has 0 rings (SSSR count). The van der Waals surface area contributed by atoms with Crippen molar-refractivity contribution in [2.24, 2.45) is 0 Å². The van der Waals surface area contributed by atoms with Crippen LogP contribution in [0.2, 0.25) is 0 Å². The second-order valence-electron chi connectivity index (χ2n) is 4.35. The first-order valence-electron chi connectivity index (χ1n) is 6.52. The minimum absolute atomic E-state index is 0.0864. The minimum atomic E-state index is -3.69. The van der Waals surface area contributed by atoms with Gasteiger partial charge in [-0.25, -0.2) is 0 Å². The van der Waals surface area contributed by atoms with Crippen molar-refractivity contribution in [1.29, 1.82) is 0 Å². The van der Waals surface area contributed by atoms with Gasteiger partial charge in [0.25, 0.3) is 0 Å². The van der Waals surface area contributed by atoms with Crippen molar-refractivity contribution >= 4 is 13.6 Å². The highest BCUT2D eigenvalue weighted by atomic mass is 31.2. The predicted octanol–water partition coefficient (Wildman–Crippen LogP) is 3.11. The third-order valence-electron chi connectivity index (χ3n) is 2.63. The molecule has 6 heteroatoms. The summed E-state index contributed by atoms with van der Waals surface area (Å²) < 4.78 is 21.5. The Balaban J connectivity index is 4.21. The van der Waals surface area contributed by atoms with Crippen LogP contribution in [-0.4, -0.2) is 30.2 Å². The molecule has 0 saturated heterocycles. The molecule has 0 aliphatic heterocycles. The lowest BCUT2D eigenvalue weighted by atomic mass is 10.1. The van der Waals surface area contributed by atoms with Gasteiger partial charge in [0.2, 0.25) is 0 Å². The zero-order valence-electron chi connectivity index (χ0n) is 11.6. The fourth-order valence-electron chi connectivity index (χ4n) is 1.62. The van der Waals surface area contributed by atoms with Gasteiger partial charge >= 0.3 is 13.6 Å². The van der Waals surface area contributed by atoms with Crippen LogP contribution in [0.3, 0.4) is 0 Å². The van der Waals surface area contributed by atoms with E-state index in [0.717, 1.165) is 32.1 Å². The fourth-order valence-corrected chi connectivity index (χ4v) is 2.87. The van der Waals surface area contributed by atoms with Crippen LogP contribution >= 0.6 is 7.60 Å². The highest BCUT2D eigenvalue weighted by molar-refractivity contribution is 7.52. The SMILES string of the molecule is CCCCC(CCC)OP(=O)(O)CCC(=O)OC. The summed E-state index contributed by atoms with van der Waals surface area (Å²) in [4.78, 5) is 20.6.